The Balaban J connectivity index is 0.00000722. The van der Waals surface area contributed by atoms with Crippen molar-refractivity contribution >= 4 is 56.2 Å². The number of carbonyl (C=O) groups excluding carboxylic acids is 4. The van der Waals surface area contributed by atoms with E-state index in [1.54, 1.807) is 20.8 Å². The molecule has 1 saturated heterocycles. The van der Waals surface area contributed by atoms with Crippen molar-refractivity contribution in [3.8, 4) is 0 Å². The van der Waals surface area contributed by atoms with Crippen LogP contribution in [-0.4, -0.2) is 81.6 Å². The Labute approximate surface area is 245 Å². The molecule has 18 heteroatoms. The summed E-state index contributed by atoms with van der Waals surface area (Å²) in [4.78, 5) is 58.3. The third kappa shape index (κ3) is 8.88. The van der Waals surface area contributed by atoms with Crippen molar-refractivity contribution in [1.82, 2.24) is 14.6 Å². The Hall–Kier alpha value is -2.31. The van der Waals surface area contributed by atoms with Crippen LogP contribution in [0.15, 0.2) is 10.5 Å². The van der Waals surface area contributed by atoms with E-state index < -0.39 is 63.1 Å². The SMILES string of the molecule is CC(=O)OCCC1C(NC(=O)/C(=N\OC(C)(C)C(=O)OC(C)(C)C)c2csc(N)n2)C(=O)N1S(=O)(=O)[O-].[Na+]. The van der Waals surface area contributed by atoms with Crippen LogP contribution < -0.4 is 40.6 Å². The molecule has 2 amide bonds. The van der Waals surface area contributed by atoms with Crippen LogP contribution in [0.3, 0.4) is 0 Å². The third-order valence-corrected chi connectivity index (χ3v) is 6.26. The van der Waals surface area contributed by atoms with Gasteiger partial charge in [0.05, 0.1) is 12.6 Å². The van der Waals surface area contributed by atoms with Crippen LogP contribution in [0.5, 0.6) is 0 Å². The van der Waals surface area contributed by atoms with Gasteiger partial charge >= 0.3 is 41.5 Å². The molecule has 1 aliphatic heterocycles. The van der Waals surface area contributed by atoms with Gasteiger partial charge in [-0.15, -0.1) is 11.3 Å². The summed E-state index contributed by atoms with van der Waals surface area (Å²) >= 11 is 0.969. The second-order valence-corrected chi connectivity index (χ2v) is 11.5. The largest absolute Gasteiger partial charge is 1.00 e. The van der Waals surface area contributed by atoms with Gasteiger partial charge in [0.15, 0.2) is 21.1 Å². The Morgan fingerprint density at radius 2 is 1.87 bits per heavy atom. The average Bonchev–Trinajstić information content (AvgIpc) is 3.14. The molecule has 0 bridgehead atoms. The molecule has 0 aromatic carbocycles. The zero-order valence-corrected chi connectivity index (χ0v) is 25.6. The number of ether oxygens (including phenoxy) is 2. The van der Waals surface area contributed by atoms with E-state index in [2.05, 4.69) is 15.5 Å². The third-order valence-electron chi connectivity index (χ3n) is 4.65. The number of oxime groups is 1. The summed E-state index contributed by atoms with van der Waals surface area (Å²) in [6, 6.07) is -2.79. The van der Waals surface area contributed by atoms with Gasteiger partial charge in [-0.25, -0.2) is 22.5 Å². The first-order valence-electron chi connectivity index (χ1n) is 10.8. The van der Waals surface area contributed by atoms with Gasteiger partial charge in [0.1, 0.15) is 17.3 Å². The number of esters is 2. The quantitative estimate of drug-likeness (QED) is 0.0688. The first-order chi connectivity index (χ1) is 16.8. The Morgan fingerprint density at radius 3 is 2.34 bits per heavy atom. The number of thiazole rings is 1. The summed E-state index contributed by atoms with van der Waals surface area (Å²) in [6.45, 7) is 8.47. The first kappa shape index (κ1) is 33.7. The zero-order chi connectivity index (χ0) is 28.3. The van der Waals surface area contributed by atoms with Crippen LogP contribution in [0.1, 0.15) is 53.7 Å². The fraction of sp³-hybridized carbons (Fsp3) is 0.600. The number of anilines is 1. The van der Waals surface area contributed by atoms with Crippen LogP contribution >= 0.6 is 11.3 Å². The Bertz CT molecular complexity index is 1210. The molecule has 2 unspecified atom stereocenters. The molecule has 2 heterocycles. The fourth-order valence-corrected chi connectivity index (χ4v) is 4.41. The standard InChI is InChI=1S/C20H29N5O10S2.Na/c1-10(26)33-8-7-12-14(16(28)25(12)37(30,31)32)23-15(27)13(11-9-36-18(21)22-11)24-35-20(5,6)17(29)34-19(2,3)4;/h9,12,14H,7-8H2,1-6H3,(H2,21,22)(H,23,27)(H,30,31,32);/q;+1/p-1/b24-13-;. The van der Waals surface area contributed by atoms with Crippen molar-refractivity contribution in [2.75, 3.05) is 12.3 Å². The van der Waals surface area contributed by atoms with E-state index in [9.17, 15) is 32.1 Å². The predicted molar refractivity (Wildman–Crippen MR) is 128 cm³/mol. The number of hydrogen-bond acceptors (Lipinski definition) is 14. The number of nitrogen functional groups attached to an aromatic ring is 1. The summed E-state index contributed by atoms with van der Waals surface area (Å²) < 4.78 is 44.6. The molecule has 1 aliphatic rings. The van der Waals surface area contributed by atoms with Gasteiger partial charge in [-0.05, 0) is 34.6 Å². The molecule has 2 atom stereocenters. The van der Waals surface area contributed by atoms with E-state index in [0.29, 0.717) is 0 Å². The normalized spacial score (nSPS) is 18.1. The minimum atomic E-state index is -5.20. The number of carbonyl (C=O) groups is 4. The summed E-state index contributed by atoms with van der Waals surface area (Å²) in [5.41, 5.74) is 2.63. The molecule has 0 saturated carbocycles. The number of nitrogens with zero attached hydrogens (tertiary/aromatic N) is 3. The summed E-state index contributed by atoms with van der Waals surface area (Å²) in [6.07, 6.45) is -0.254. The summed E-state index contributed by atoms with van der Waals surface area (Å²) in [5.74, 6) is -3.67. The molecular formula is C20H28N5NaO10S2. The number of hydrogen-bond donors (Lipinski definition) is 2. The molecule has 15 nitrogen and oxygen atoms in total. The number of aromatic nitrogens is 1. The van der Waals surface area contributed by atoms with E-state index in [1.165, 1.54) is 19.2 Å². The number of amides is 2. The second kappa shape index (κ2) is 12.7. The van der Waals surface area contributed by atoms with E-state index in [4.69, 9.17) is 20.0 Å². The predicted octanol–water partition coefficient (Wildman–Crippen LogP) is -3.32. The van der Waals surface area contributed by atoms with Gasteiger partial charge in [0.2, 0.25) is 5.60 Å². The minimum absolute atomic E-state index is 0. The molecule has 0 radical (unpaired) electrons. The van der Waals surface area contributed by atoms with Crippen LogP contribution in [0.4, 0.5) is 5.13 Å². The smallest absolute Gasteiger partial charge is 0.731 e. The number of β-lactam (4-membered cyclic amide) rings is 1. The summed E-state index contributed by atoms with van der Waals surface area (Å²) in [7, 11) is -5.20. The second-order valence-electron chi connectivity index (χ2n) is 9.35. The maximum absolute atomic E-state index is 13.1. The molecule has 1 fully saturated rings. The number of nitrogens with two attached hydrogens (primary N) is 1. The monoisotopic (exact) mass is 585 g/mol. The van der Waals surface area contributed by atoms with Crippen molar-refractivity contribution in [2.24, 2.45) is 5.16 Å². The van der Waals surface area contributed by atoms with Crippen molar-refractivity contribution in [2.45, 2.75) is 71.2 Å². The molecule has 2 rings (SSSR count). The maximum atomic E-state index is 13.1. The van der Waals surface area contributed by atoms with E-state index in [1.807, 2.05) is 0 Å². The van der Waals surface area contributed by atoms with Crippen LogP contribution in [0.25, 0.3) is 0 Å². The van der Waals surface area contributed by atoms with Gasteiger partial charge in [-0.3, -0.25) is 14.4 Å². The topological polar surface area (TPSA) is 220 Å². The van der Waals surface area contributed by atoms with Crippen molar-refractivity contribution in [3.05, 3.63) is 11.1 Å². The molecule has 1 aromatic heterocycles. The Kier molecular flexibility index (Phi) is 11.3. The van der Waals surface area contributed by atoms with Crippen molar-refractivity contribution in [3.63, 3.8) is 0 Å². The van der Waals surface area contributed by atoms with E-state index in [-0.39, 0.29) is 57.7 Å². The molecule has 0 spiro atoms. The molecule has 3 N–H and O–H groups in total. The average molecular weight is 586 g/mol. The van der Waals surface area contributed by atoms with Gasteiger partial charge < -0.3 is 29.9 Å². The van der Waals surface area contributed by atoms with Crippen molar-refractivity contribution < 1.29 is 76.0 Å². The minimum Gasteiger partial charge on any atom is -0.731 e. The van der Waals surface area contributed by atoms with Crippen LogP contribution in [0, 0.1) is 0 Å². The molecule has 38 heavy (non-hydrogen) atoms. The Morgan fingerprint density at radius 1 is 1.26 bits per heavy atom. The van der Waals surface area contributed by atoms with Gasteiger partial charge in [-0.2, -0.15) is 0 Å². The summed E-state index contributed by atoms with van der Waals surface area (Å²) in [5, 5.41) is 7.50. The number of nitrogens with one attached hydrogen (secondary N) is 1. The van der Waals surface area contributed by atoms with Gasteiger partial charge in [-0.1, -0.05) is 5.16 Å². The first-order valence-corrected chi connectivity index (χ1v) is 13.0. The van der Waals surface area contributed by atoms with Crippen LogP contribution in [0.2, 0.25) is 0 Å². The van der Waals surface area contributed by atoms with Gasteiger partial charge in [0.25, 0.3) is 11.8 Å². The maximum Gasteiger partial charge on any atom is 1.00 e. The molecule has 1 aromatic rings. The van der Waals surface area contributed by atoms with E-state index >= 15 is 0 Å². The zero-order valence-electron chi connectivity index (χ0n) is 22.0. The molecular weight excluding hydrogens is 557 g/mol. The van der Waals surface area contributed by atoms with Crippen molar-refractivity contribution in [1.29, 1.82) is 0 Å². The molecule has 0 aliphatic carbocycles. The fourth-order valence-electron chi connectivity index (χ4n) is 2.97. The molecule has 206 valence electrons. The van der Waals surface area contributed by atoms with Crippen LogP contribution in [-0.2, 0) is 43.8 Å². The van der Waals surface area contributed by atoms with Gasteiger partial charge in [0, 0.05) is 18.7 Å². The van der Waals surface area contributed by atoms with E-state index in [0.717, 1.165) is 18.3 Å². The number of rotatable bonds is 10.